The van der Waals surface area contributed by atoms with Gasteiger partial charge in [0.25, 0.3) is 0 Å². The van der Waals surface area contributed by atoms with E-state index in [0.717, 1.165) is 17.2 Å². The number of nitrogens with one attached hydrogen (secondary N) is 2. The van der Waals surface area contributed by atoms with Crippen LogP contribution in [-0.2, 0) is 55.7 Å². The van der Waals surface area contributed by atoms with Gasteiger partial charge in [-0.3, -0.25) is 14.4 Å². The highest BCUT2D eigenvalue weighted by molar-refractivity contribution is 5.94. The van der Waals surface area contributed by atoms with Gasteiger partial charge in [0, 0.05) is 50.3 Å². The first-order chi connectivity index (χ1) is 26.4. The van der Waals surface area contributed by atoms with Crippen molar-refractivity contribution in [3.8, 4) is 0 Å². The van der Waals surface area contributed by atoms with Crippen molar-refractivity contribution in [2.24, 2.45) is 0 Å². The summed E-state index contributed by atoms with van der Waals surface area (Å²) in [6.07, 6.45) is -2.48. The number of halogens is 3. The number of hydrogen-bond acceptors (Lipinski definition) is 11. The van der Waals surface area contributed by atoms with Crippen LogP contribution in [0.1, 0.15) is 73.5 Å². The number of carbonyl (C=O) groups excluding carboxylic acids is 5. The minimum atomic E-state index is -4.65. The van der Waals surface area contributed by atoms with Crippen LogP contribution < -0.4 is 10.6 Å². The van der Waals surface area contributed by atoms with Crippen LogP contribution in [0.25, 0.3) is 6.08 Å². The predicted octanol–water partition coefficient (Wildman–Crippen LogP) is 4.05. The number of alkyl halides is 3. The van der Waals surface area contributed by atoms with E-state index in [1.807, 2.05) is 24.3 Å². The molecular weight excluding hydrogens is 741 g/mol. The second-order valence-electron chi connectivity index (χ2n) is 14.8. The first-order valence-electron chi connectivity index (χ1n) is 18.2. The van der Waals surface area contributed by atoms with Crippen molar-refractivity contribution in [1.82, 2.24) is 10.6 Å². The second-order valence-corrected chi connectivity index (χ2v) is 14.8. The molecule has 1 heterocycles. The van der Waals surface area contributed by atoms with Gasteiger partial charge in [-0.1, -0.05) is 36.4 Å². The quantitative estimate of drug-likeness (QED) is 0.143. The van der Waals surface area contributed by atoms with E-state index in [1.54, 1.807) is 26.8 Å². The predicted molar refractivity (Wildman–Crippen MR) is 192 cm³/mol. The maximum absolute atomic E-state index is 13.4. The molecule has 56 heavy (non-hydrogen) atoms. The zero-order valence-corrected chi connectivity index (χ0v) is 31.2. The van der Waals surface area contributed by atoms with E-state index in [9.17, 15) is 42.3 Å². The third-order valence-electron chi connectivity index (χ3n) is 9.04. The summed E-state index contributed by atoms with van der Waals surface area (Å²) >= 11 is 0. The van der Waals surface area contributed by atoms with Crippen molar-refractivity contribution in [2.45, 2.75) is 101 Å². The van der Waals surface area contributed by atoms with Crippen molar-refractivity contribution < 1.29 is 65.9 Å². The molecule has 1 fully saturated rings. The van der Waals surface area contributed by atoms with Gasteiger partial charge in [0.2, 0.25) is 11.8 Å². The summed E-state index contributed by atoms with van der Waals surface area (Å²) in [4.78, 5) is 63.1. The van der Waals surface area contributed by atoms with Crippen LogP contribution in [0.2, 0.25) is 0 Å². The van der Waals surface area contributed by atoms with Gasteiger partial charge in [-0.05, 0) is 68.2 Å². The van der Waals surface area contributed by atoms with Gasteiger partial charge in [-0.25, -0.2) is 9.59 Å². The number of rotatable bonds is 14. The molecule has 0 radical (unpaired) electrons. The largest absolute Gasteiger partial charge is 0.460 e. The van der Waals surface area contributed by atoms with Crippen molar-refractivity contribution in [3.05, 3.63) is 88.5 Å². The van der Waals surface area contributed by atoms with E-state index < -0.39 is 84.9 Å². The van der Waals surface area contributed by atoms with Gasteiger partial charge in [0.1, 0.15) is 23.9 Å². The Labute approximate surface area is 321 Å². The molecule has 0 aromatic heterocycles. The summed E-state index contributed by atoms with van der Waals surface area (Å²) < 4.78 is 65.2. The van der Waals surface area contributed by atoms with Gasteiger partial charge in [0.05, 0.1) is 18.2 Å². The first kappa shape index (κ1) is 42.1. The Morgan fingerprint density at radius 3 is 2.29 bits per heavy atom. The number of hydrogen-bond donors (Lipinski definition) is 3. The minimum Gasteiger partial charge on any atom is -0.460 e. The highest BCUT2D eigenvalue weighted by Gasteiger charge is 2.55. The molecule has 13 nitrogen and oxygen atoms in total. The SMILES string of the molecule is CC(C)(C)OC(=O)CCC(CO)NC(=O)CCNC(=O)C1=CC2OC3(Cc4ccccc4C3)OC2C(OC(=O)c2ccc(C=CC(=O)OCC(F)(F)F)cc2)C1. The summed E-state index contributed by atoms with van der Waals surface area (Å²) in [5.74, 6) is -4.37. The average Bonchev–Trinajstić information content (AvgIpc) is 3.68. The number of benzene rings is 2. The summed E-state index contributed by atoms with van der Waals surface area (Å²) in [5.41, 5.74) is 2.23. The Morgan fingerprint density at radius 2 is 1.66 bits per heavy atom. The molecule has 2 aromatic carbocycles. The molecular formula is C40H45F3N2O11. The average molecular weight is 787 g/mol. The van der Waals surface area contributed by atoms with Crippen LogP contribution in [0.5, 0.6) is 0 Å². The van der Waals surface area contributed by atoms with E-state index in [2.05, 4.69) is 15.4 Å². The number of aliphatic hydroxyl groups is 1. The van der Waals surface area contributed by atoms with E-state index in [0.29, 0.717) is 18.4 Å². The molecule has 1 saturated heterocycles. The fourth-order valence-corrected chi connectivity index (χ4v) is 6.56. The number of carbonyl (C=O) groups is 5. The molecule has 4 atom stereocenters. The Hall–Kier alpha value is -5.06. The number of esters is 3. The fourth-order valence-electron chi connectivity index (χ4n) is 6.56. The molecule has 2 amide bonds. The molecule has 3 N–H and O–H groups in total. The molecule has 1 aliphatic heterocycles. The number of aliphatic hydroxyl groups excluding tert-OH is 1. The molecule has 0 bridgehead atoms. The Kier molecular flexibility index (Phi) is 13.4. The standard InChI is InChI=1S/C40H45F3N2O11/c1-38(2,3)55-34(49)15-13-29(22-46)45-32(47)16-17-44-36(50)28-18-30(35-31(19-28)54-39(56-35)20-26-6-4-5-7-27(26)21-39)53-37(51)25-11-8-24(9-12-25)10-14-33(48)52-23-40(41,42)43/h4-12,14,19,29-31,35,46H,13,15-18,20-23H2,1-3H3,(H,44,50)(H,45,47). The van der Waals surface area contributed by atoms with E-state index >= 15 is 0 Å². The lowest BCUT2D eigenvalue weighted by atomic mass is 9.91. The van der Waals surface area contributed by atoms with Gasteiger partial charge in [-0.15, -0.1) is 0 Å². The Morgan fingerprint density at radius 1 is 0.982 bits per heavy atom. The molecule has 5 rings (SSSR count). The zero-order chi connectivity index (χ0) is 40.7. The monoisotopic (exact) mass is 786 g/mol. The van der Waals surface area contributed by atoms with Gasteiger partial charge >= 0.3 is 24.1 Å². The van der Waals surface area contributed by atoms with E-state index in [4.69, 9.17) is 18.9 Å². The van der Waals surface area contributed by atoms with Crippen LogP contribution >= 0.6 is 0 Å². The van der Waals surface area contributed by atoms with Crippen LogP contribution in [0.3, 0.4) is 0 Å². The van der Waals surface area contributed by atoms with Gasteiger partial charge in [-0.2, -0.15) is 13.2 Å². The number of amides is 2. The summed E-state index contributed by atoms with van der Waals surface area (Å²) in [6.45, 7) is 3.06. The molecule has 0 saturated carbocycles. The molecule has 2 aliphatic carbocycles. The molecule has 16 heteroatoms. The van der Waals surface area contributed by atoms with E-state index in [-0.39, 0.29) is 43.4 Å². The number of fused-ring (bicyclic) bond motifs is 2. The van der Waals surface area contributed by atoms with Crippen LogP contribution in [0.4, 0.5) is 13.2 Å². The van der Waals surface area contributed by atoms with Crippen molar-refractivity contribution >= 4 is 35.8 Å². The Balaban J connectivity index is 1.20. The highest BCUT2D eigenvalue weighted by Crippen LogP contribution is 2.45. The maximum atomic E-state index is 13.4. The zero-order valence-electron chi connectivity index (χ0n) is 31.2. The second kappa shape index (κ2) is 17.8. The van der Waals surface area contributed by atoms with Crippen LogP contribution in [0, 0.1) is 0 Å². The van der Waals surface area contributed by atoms with Crippen LogP contribution in [-0.4, -0.2) is 96.5 Å². The lowest BCUT2D eigenvalue weighted by Crippen LogP contribution is -2.44. The minimum absolute atomic E-state index is 0.00162. The third-order valence-corrected chi connectivity index (χ3v) is 9.04. The molecule has 1 spiro atoms. The normalized spacial score (nSPS) is 20.4. The maximum Gasteiger partial charge on any atom is 0.422 e. The lowest BCUT2D eigenvalue weighted by molar-refractivity contribution is -0.182. The van der Waals surface area contributed by atoms with Gasteiger partial charge in [0.15, 0.2) is 12.4 Å². The topological polar surface area (TPSA) is 176 Å². The lowest BCUT2D eigenvalue weighted by Gasteiger charge is -2.30. The van der Waals surface area contributed by atoms with Crippen LogP contribution in [0.15, 0.2) is 66.3 Å². The molecule has 3 aliphatic rings. The highest BCUT2D eigenvalue weighted by atomic mass is 19.4. The molecule has 2 aromatic rings. The third kappa shape index (κ3) is 12.0. The molecule has 4 unspecified atom stereocenters. The van der Waals surface area contributed by atoms with Gasteiger partial charge < -0.3 is 39.4 Å². The van der Waals surface area contributed by atoms with Crippen molar-refractivity contribution in [1.29, 1.82) is 0 Å². The van der Waals surface area contributed by atoms with Crippen molar-refractivity contribution in [3.63, 3.8) is 0 Å². The first-order valence-corrected chi connectivity index (χ1v) is 18.2. The Bertz CT molecular complexity index is 1810. The summed E-state index contributed by atoms with van der Waals surface area (Å²) in [5, 5.41) is 15.1. The summed E-state index contributed by atoms with van der Waals surface area (Å²) in [7, 11) is 0. The summed E-state index contributed by atoms with van der Waals surface area (Å²) in [6, 6.07) is 12.9. The van der Waals surface area contributed by atoms with Crippen molar-refractivity contribution in [2.75, 3.05) is 19.8 Å². The smallest absolute Gasteiger partial charge is 0.422 e. The number of ether oxygens (including phenoxy) is 5. The fraction of sp³-hybridized carbons (Fsp3) is 0.475. The van der Waals surface area contributed by atoms with E-state index in [1.165, 1.54) is 30.3 Å². The molecule has 302 valence electrons.